The fourth-order valence-corrected chi connectivity index (χ4v) is 0.944. The Hall–Kier alpha value is -1.57. The zero-order chi connectivity index (χ0) is 7.52. The van der Waals surface area contributed by atoms with Crippen LogP contribution >= 0.6 is 0 Å². The topological polar surface area (TPSA) is 26.0 Å². The lowest BCUT2D eigenvalue weighted by atomic mass is 10.2. The van der Waals surface area contributed by atoms with Gasteiger partial charge >= 0.3 is 0 Å². The number of hydrogen-bond donors (Lipinski definition) is 0. The van der Waals surface area contributed by atoms with E-state index in [-0.39, 0.29) is 0 Å². The number of pyridine rings is 1. The molecule has 0 saturated heterocycles. The van der Waals surface area contributed by atoms with E-state index in [1.807, 2.05) is 24.3 Å². The minimum atomic E-state index is 0.946. The summed E-state index contributed by atoms with van der Waals surface area (Å²) in [7, 11) is 0. The number of furan rings is 1. The molecule has 0 N–H and O–H groups in total. The highest BCUT2D eigenvalue weighted by molar-refractivity contribution is 5.56. The van der Waals surface area contributed by atoms with Gasteiger partial charge in [-0.1, -0.05) is 6.07 Å². The lowest BCUT2D eigenvalue weighted by molar-refractivity contribution is 0.568. The molecule has 0 aliphatic rings. The Balaban J connectivity index is 2.46. The van der Waals surface area contributed by atoms with Gasteiger partial charge in [0.15, 0.2) is 0 Å². The van der Waals surface area contributed by atoms with E-state index in [0.29, 0.717) is 0 Å². The van der Waals surface area contributed by atoms with Crippen LogP contribution in [-0.2, 0) is 0 Å². The molecule has 54 valence electrons. The van der Waals surface area contributed by atoms with Crippen LogP contribution in [0.1, 0.15) is 0 Å². The second-order valence-electron chi connectivity index (χ2n) is 2.23. The Bertz CT molecular complexity index is 313. The predicted molar refractivity (Wildman–Crippen MR) is 41.9 cm³/mol. The highest BCUT2D eigenvalue weighted by Gasteiger charge is 1.96. The largest absolute Gasteiger partial charge is 0.472 e. The van der Waals surface area contributed by atoms with Crippen molar-refractivity contribution >= 4 is 0 Å². The van der Waals surface area contributed by atoms with Gasteiger partial charge in [0, 0.05) is 11.8 Å². The van der Waals surface area contributed by atoms with Crippen LogP contribution in [0.15, 0.2) is 47.4 Å². The second kappa shape index (κ2) is 2.58. The predicted octanol–water partition coefficient (Wildman–Crippen LogP) is 2.34. The van der Waals surface area contributed by atoms with Gasteiger partial charge in [-0.15, -0.1) is 0 Å². The molecule has 0 aromatic carbocycles. The van der Waals surface area contributed by atoms with Crippen molar-refractivity contribution in [3.63, 3.8) is 0 Å². The first-order valence-electron chi connectivity index (χ1n) is 3.40. The minimum absolute atomic E-state index is 0.946. The molecule has 2 nitrogen and oxygen atoms in total. The van der Waals surface area contributed by atoms with E-state index in [1.165, 1.54) is 0 Å². The average molecular weight is 145 g/mol. The van der Waals surface area contributed by atoms with Crippen LogP contribution in [0.25, 0.3) is 11.3 Å². The Morgan fingerprint density at radius 3 is 2.82 bits per heavy atom. The normalized spacial score (nSPS) is 9.82. The number of hydrogen-bond acceptors (Lipinski definition) is 2. The standard InChI is InChI=1S/C9H7NO/c1-2-5-10-9(3-1)8-4-6-11-7-8/h1-7H. The summed E-state index contributed by atoms with van der Waals surface area (Å²) in [4.78, 5) is 4.16. The van der Waals surface area contributed by atoms with Crippen molar-refractivity contribution in [2.45, 2.75) is 0 Å². The molecule has 2 heteroatoms. The van der Waals surface area contributed by atoms with Gasteiger partial charge in [-0.3, -0.25) is 4.98 Å². The average Bonchev–Trinajstić information content (AvgIpc) is 2.58. The smallest absolute Gasteiger partial charge is 0.0996 e. The summed E-state index contributed by atoms with van der Waals surface area (Å²) in [6.07, 6.45) is 5.09. The minimum Gasteiger partial charge on any atom is -0.472 e. The van der Waals surface area contributed by atoms with Crippen LogP contribution in [0.4, 0.5) is 0 Å². The monoisotopic (exact) mass is 145 g/mol. The van der Waals surface area contributed by atoms with E-state index in [1.54, 1.807) is 18.7 Å². The summed E-state index contributed by atoms with van der Waals surface area (Å²) in [5, 5.41) is 0. The van der Waals surface area contributed by atoms with Gasteiger partial charge in [0.1, 0.15) is 0 Å². The van der Waals surface area contributed by atoms with Crippen molar-refractivity contribution in [1.82, 2.24) is 4.98 Å². The molecule has 0 bridgehead atoms. The summed E-state index contributed by atoms with van der Waals surface area (Å²) in [6.45, 7) is 0. The lowest BCUT2D eigenvalue weighted by Crippen LogP contribution is -1.76. The maximum Gasteiger partial charge on any atom is 0.0996 e. The van der Waals surface area contributed by atoms with E-state index in [0.717, 1.165) is 11.3 Å². The van der Waals surface area contributed by atoms with Crippen molar-refractivity contribution in [2.75, 3.05) is 0 Å². The molecule has 0 amide bonds. The fourth-order valence-electron chi connectivity index (χ4n) is 0.944. The molecule has 0 fully saturated rings. The first kappa shape index (κ1) is 6.16. The first-order chi connectivity index (χ1) is 5.47. The fraction of sp³-hybridized carbons (Fsp3) is 0. The summed E-state index contributed by atoms with van der Waals surface area (Å²) in [6, 6.07) is 7.69. The molecule has 0 atom stereocenters. The van der Waals surface area contributed by atoms with Gasteiger partial charge < -0.3 is 4.42 Å². The molecular weight excluding hydrogens is 138 g/mol. The Morgan fingerprint density at radius 1 is 1.18 bits per heavy atom. The SMILES string of the molecule is c1ccc(-c2ccoc2)nc1. The highest BCUT2D eigenvalue weighted by Crippen LogP contribution is 2.15. The van der Waals surface area contributed by atoms with E-state index in [4.69, 9.17) is 4.42 Å². The van der Waals surface area contributed by atoms with Gasteiger partial charge in [-0.05, 0) is 18.2 Å². The molecule has 2 heterocycles. The van der Waals surface area contributed by atoms with Crippen molar-refractivity contribution in [1.29, 1.82) is 0 Å². The molecule has 0 aliphatic heterocycles. The highest BCUT2D eigenvalue weighted by atomic mass is 16.3. The van der Waals surface area contributed by atoms with Gasteiger partial charge in [-0.2, -0.15) is 0 Å². The lowest BCUT2D eigenvalue weighted by Gasteiger charge is -1.91. The van der Waals surface area contributed by atoms with Crippen LogP contribution in [0.5, 0.6) is 0 Å². The van der Waals surface area contributed by atoms with Crippen LogP contribution in [-0.4, -0.2) is 4.98 Å². The quantitative estimate of drug-likeness (QED) is 0.615. The molecule has 0 spiro atoms. The zero-order valence-electron chi connectivity index (χ0n) is 5.90. The van der Waals surface area contributed by atoms with Crippen LogP contribution in [0, 0.1) is 0 Å². The third kappa shape index (κ3) is 1.15. The van der Waals surface area contributed by atoms with E-state index >= 15 is 0 Å². The van der Waals surface area contributed by atoms with Crippen molar-refractivity contribution in [3.8, 4) is 11.3 Å². The molecule has 11 heavy (non-hydrogen) atoms. The number of aromatic nitrogens is 1. The van der Waals surface area contributed by atoms with E-state index < -0.39 is 0 Å². The molecular formula is C9H7NO. The van der Waals surface area contributed by atoms with Crippen LogP contribution < -0.4 is 0 Å². The zero-order valence-corrected chi connectivity index (χ0v) is 5.90. The molecule has 2 aromatic rings. The summed E-state index contributed by atoms with van der Waals surface area (Å²) in [5.74, 6) is 0. The van der Waals surface area contributed by atoms with Crippen LogP contribution in [0.3, 0.4) is 0 Å². The third-order valence-corrected chi connectivity index (χ3v) is 1.48. The molecule has 0 unspecified atom stereocenters. The van der Waals surface area contributed by atoms with Gasteiger partial charge in [0.05, 0.1) is 18.2 Å². The first-order valence-corrected chi connectivity index (χ1v) is 3.40. The molecule has 0 saturated carbocycles. The maximum absolute atomic E-state index is 4.93. The third-order valence-electron chi connectivity index (χ3n) is 1.48. The summed E-state index contributed by atoms with van der Waals surface area (Å²) in [5.41, 5.74) is 1.96. The molecule has 2 aromatic heterocycles. The van der Waals surface area contributed by atoms with Crippen molar-refractivity contribution in [2.24, 2.45) is 0 Å². The van der Waals surface area contributed by atoms with Gasteiger partial charge in [-0.25, -0.2) is 0 Å². The van der Waals surface area contributed by atoms with Crippen molar-refractivity contribution < 1.29 is 4.42 Å². The van der Waals surface area contributed by atoms with Gasteiger partial charge in [0.2, 0.25) is 0 Å². The van der Waals surface area contributed by atoms with Crippen LogP contribution in [0.2, 0.25) is 0 Å². The Kier molecular flexibility index (Phi) is 1.44. The van der Waals surface area contributed by atoms with E-state index in [2.05, 4.69) is 4.98 Å². The van der Waals surface area contributed by atoms with Crippen molar-refractivity contribution in [3.05, 3.63) is 43.0 Å². The van der Waals surface area contributed by atoms with Gasteiger partial charge in [0.25, 0.3) is 0 Å². The Labute approximate surface area is 64.5 Å². The summed E-state index contributed by atoms with van der Waals surface area (Å²) >= 11 is 0. The Morgan fingerprint density at radius 2 is 2.18 bits per heavy atom. The number of nitrogens with zero attached hydrogens (tertiary/aromatic N) is 1. The van der Waals surface area contributed by atoms with E-state index in [9.17, 15) is 0 Å². The molecule has 0 radical (unpaired) electrons. The molecule has 0 aliphatic carbocycles. The number of rotatable bonds is 1. The maximum atomic E-state index is 4.93. The summed E-state index contributed by atoms with van der Waals surface area (Å²) < 4.78 is 4.93. The second-order valence-corrected chi connectivity index (χ2v) is 2.23. The molecule has 2 rings (SSSR count).